The van der Waals surface area contributed by atoms with Gasteiger partial charge >= 0.3 is 0 Å². The second-order valence-electron chi connectivity index (χ2n) is 4.12. The van der Waals surface area contributed by atoms with E-state index < -0.39 is 34.8 Å². The molecule has 0 saturated carbocycles. The zero-order chi connectivity index (χ0) is 13.6. The van der Waals surface area contributed by atoms with E-state index in [1.807, 2.05) is 0 Å². The fourth-order valence-corrected chi connectivity index (χ4v) is 2.67. The third-order valence-corrected chi connectivity index (χ3v) is 3.84. The summed E-state index contributed by atoms with van der Waals surface area (Å²) in [4.78, 5) is 0. The molecule has 1 saturated heterocycles. The Hall–Kier alpha value is -1.25. The van der Waals surface area contributed by atoms with Crippen LogP contribution in [-0.4, -0.2) is 32.9 Å². The number of alkyl halides is 1. The minimum absolute atomic E-state index is 0.0477. The average Bonchev–Trinajstić information content (AvgIpc) is 2.23. The molecule has 0 unspecified atom stereocenters. The number of nitrogens with two attached hydrogens (primary N) is 1. The topological polar surface area (TPSA) is 72.6 Å². The zero-order valence-corrected chi connectivity index (χ0v) is 10.4. The number of nitrogens with zero attached hydrogens (tertiary/aromatic N) is 1. The van der Waals surface area contributed by atoms with Gasteiger partial charge in [-0.25, -0.2) is 13.9 Å². The van der Waals surface area contributed by atoms with Crippen molar-refractivity contribution in [2.45, 2.75) is 5.67 Å². The summed E-state index contributed by atoms with van der Waals surface area (Å²) in [6.45, 7) is -0.790. The third kappa shape index (κ3) is 2.18. The first-order chi connectivity index (χ1) is 8.26. The Labute approximate surface area is 103 Å². The second-order valence-corrected chi connectivity index (χ2v) is 5.67. The average molecular weight is 278 g/mol. The lowest BCUT2D eigenvalue weighted by Crippen LogP contribution is -2.60. The monoisotopic (exact) mass is 278 g/mol. The van der Waals surface area contributed by atoms with Gasteiger partial charge in [0.15, 0.2) is 5.67 Å². The van der Waals surface area contributed by atoms with Gasteiger partial charge in [0.2, 0.25) is 0 Å². The van der Waals surface area contributed by atoms with Crippen LogP contribution in [-0.2, 0) is 15.9 Å². The molecule has 1 aromatic carbocycles. The maximum atomic E-state index is 14.4. The molecule has 100 valence electrons. The fraction of sp³-hybridized carbons (Fsp3) is 0.400. The normalized spacial score (nSPS) is 19.3. The molecule has 0 bridgehead atoms. The molecule has 2 rings (SSSR count). The highest BCUT2D eigenvalue weighted by Crippen LogP contribution is 2.41. The Morgan fingerprint density at radius 3 is 2.56 bits per heavy atom. The molecule has 1 aromatic rings. The quantitative estimate of drug-likeness (QED) is 0.876. The van der Waals surface area contributed by atoms with Gasteiger partial charge in [-0.15, -0.1) is 0 Å². The first-order valence-corrected chi connectivity index (χ1v) is 6.57. The number of halogens is 2. The molecule has 0 radical (unpaired) electrons. The summed E-state index contributed by atoms with van der Waals surface area (Å²) >= 11 is 0. The van der Waals surface area contributed by atoms with E-state index in [2.05, 4.69) is 0 Å². The van der Waals surface area contributed by atoms with E-state index in [-0.39, 0.29) is 11.3 Å². The van der Waals surface area contributed by atoms with Gasteiger partial charge in [0.05, 0.1) is 20.2 Å². The van der Waals surface area contributed by atoms with Gasteiger partial charge in [-0.05, 0) is 12.1 Å². The summed E-state index contributed by atoms with van der Waals surface area (Å²) in [6.07, 6.45) is 0. The highest BCUT2D eigenvalue weighted by molar-refractivity contribution is 7.86. The van der Waals surface area contributed by atoms with Gasteiger partial charge in [-0.2, -0.15) is 12.7 Å². The minimum Gasteiger partial charge on any atom is -0.496 e. The first-order valence-electron chi connectivity index (χ1n) is 5.07. The molecular formula is C10H12F2N2O3S. The van der Waals surface area contributed by atoms with Crippen LogP contribution in [0.5, 0.6) is 5.75 Å². The van der Waals surface area contributed by atoms with E-state index >= 15 is 0 Å². The molecule has 0 amide bonds. The van der Waals surface area contributed by atoms with Crippen molar-refractivity contribution >= 4 is 10.2 Å². The van der Waals surface area contributed by atoms with Gasteiger partial charge in [-0.3, -0.25) is 0 Å². The van der Waals surface area contributed by atoms with E-state index in [0.29, 0.717) is 0 Å². The molecule has 0 aliphatic carbocycles. The molecular weight excluding hydrogens is 266 g/mol. The van der Waals surface area contributed by atoms with Crippen LogP contribution in [0.4, 0.5) is 8.78 Å². The van der Waals surface area contributed by atoms with Crippen molar-refractivity contribution in [3.63, 3.8) is 0 Å². The Morgan fingerprint density at radius 2 is 2.06 bits per heavy atom. The van der Waals surface area contributed by atoms with Gasteiger partial charge in [0.25, 0.3) is 10.2 Å². The highest BCUT2D eigenvalue weighted by atomic mass is 32.2. The van der Waals surface area contributed by atoms with Crippen molar-refractivity contribution in [3.8, 4) is 5.75 Å². The predicted octanol–water partition coefficient (Wildman–Crippen LogP) is 0.518. The Kier molecular flexibility index (Phi) is 3.04. The number of benzene rings is 1. The van der Waals surface area contributed by atoms with E-state index in [1.165, 1.54) is 13.2 Å². The summed E-state index contributed by atoms with van der Waals surface area (Å²) in [5.41, 5.74) is -1.78. The van der Waals surface area contributed by atoms with Crippen molar-refractivity contribution in [1.82, 2.24) is 4.31 Å². The molecule has 1 aliphatic rings. The van der Waals surface area contributed by atoms with Crippen LogP contribution >= 0.6 is 0 Å². The molecule has 1 aliphatic heterocycles. The first kappa shape index (κ1) is 13.2. The zero-order valence-electron chi connectivity index (χ0n) is 9.56. The Bertz CT molecular complexity index is 570. The van der Waals surface area contributed by atoms with Crippen molar-refractivity contribution in [2.75, 3.05) is 20.2 Å². The summed E-state index contributed by atoms with van der Waals surface area (Å²) < 4.78 is 55.1. The molecule has 18 heavy (non-hydrogen) atoms. The van der Waals surface area contributed by atoms with E-state index in [9.17, 15) is 17.2 Å². The molecule has 0 aromatic heterocycles. The minimum atomic E-state index is -3.89. The van der Waals surface area contributed by atoms with Crippen LogP contribution in [0.2, 0.25) is 0 Å². The molecule has 1 fully saturated rings. The van der Waals surface area contributed by atoms with E-state index in [4.69, 9.17) is 9.88 Å². The van der Waals surface area contributed by atoms with Crippen molar-refractivity contribution in [2.24, 2.45) is 5.14 Å². The molecule has 8 heteroatoms. The summed E-state index contributed by atoms with van der Waals surface area (Å²) in [5, 5.41) is 4.87. The van der Waals surface area contributed by atoms with Crippen molar-refractivity contribution < 1.29 is 21.9 Å². The number of methoxy groups -OCH3 is 1. The maximum Gasteiger partial charge on any atom is 0.277 e. The van der Waals surface area contributed by atoms with Gasteiger partial charge in [0, 0.05) is 11.6 Å². The van der Waals surface area contributed by atoms with E-state index in [1.54, 1.807) is 0 Å². The molecule has 2 N–H and O–H groups in total. The predicted molar refractivity (Wildman–Crippen MR) is 60.4 cm³/mol. The maximum absolute atomic E-state index is 14.4. The number of rotatable bonds is 3. The second kappa shape index (κ2) is 4.15. The molecule has 5 nitrogen and oxygen atoms in total. The Balaban J connectivity index is 2.29. The van der Waals surface area contributed by atoms with Crippen LogP contribution in [0.25, 0.3) is 0 Å². The Morgan fingerprint density at radius 1 is 1.44 bits per heavy atom. The summed E-state index contributed by atoms with van der Waals surface area (Å²) in [6, 6.07) is 3.39. The van der Waals surface area contributed by atoms with E-state index in [0.717, 1.165) is 16.4 Å². The van der Waals surface area contributed by atoms with Crippen LogP contribution in [0.3, 0.4) is 0 Å². The van der Waals surface area contributed by atoms with Crippen molar-refractivity contribution in [1.29, 1.82) is 0 Å². The molecule has 1 heterocycles. The van der Waals surface area contributed by atoms with Crippen LogP contribution in [0, 0.1) is 5.82 Å². The smallest absolute Gasteiger partial charge is 0.277 e. The number of hydrogen-bond acceptors (Lipinski definition) is 3. The lowest BCUT2D eigenvalue weighted by molar-refractivity contribution is 0.0158. The third-order valence-electron chi connectivity index (χ3n) is 2.86. The van der Waals surface area contributed by atoms with Gasteiger partial charge < -0.3 is 4.74 Å². The molecule has 0 spiro atoms. The van der Waals surface area contributed by atoms with Crippen LogP contribution < -0.4 is 9.88 Å². The standard InChI is InChI=1S/C10H12F2N2O3S/c1-17-9-4-7(11)2-3-8(9)10(12)5-14(6-10)18(13,15)16/h2-4H,5-6H2,1H3,(H2,13,15,16). The van der Waals surface area contributed by atoms with Gasteiger partial charge in [0.1, 0.15) is 11.6 Å². The fourth-order valence-electron chi connectivity index (χ4n) is 1.90. The lowest BCUT2D eigenvalue weighted by Gasteiger charge is -2.42. The van der Waals surface area contributed by atoms with Crippen LogP contribution in [0.15, 0.2) is 18.2 Å². The lowest BCUT2D eigenvalue weighted by atomic mass is 9.89. The number of ether oxygens (including phenoxy) is 1. The van der Waals surface area contributed by atoms with Crippen molar-refractivity contribution in [3.05, 3.63) is 29.6 Å². The largest absolute Gasteiger partial charge is 0.496 e. The van der Waals surface area contributed by atoms with Gasteiger partial charge in [-0.1, -0.05) is 0 Å². The van der Waals surface area contributed by atoms with Crippen LogP contribution in [0.1, 0.15) is 5.56 Å². The number of hydrogen-bond donors (Lipinski definition) is 1. The SMILES string of the molecule is COc1cc(F)ccc1C1(F)CN(S(N)(=O)=O)C1. The summed E-state index contributed by atoms with van der Waals surface area (Å²) in [7, 11) is -2.60. The molecule has 0 atom stereocenters. The summed E-state index contributed by atoms with van der Waals surface area (Å²) in [5.74, 6) is -0.506. The highest BCUT2D eigenvalue weighted by Gasteiger charge is 2.50.